The molecule has 1 nitrogen and oxygen atoms in total. The first-order valence-corrected chi connectivity index (χ1v) is 6.59. The lowest BCUT2D eigenvalue weighted by atomic mass is 10.0. The van der Waals surface area contributed by atoms with E-state index in [0.29, 0.717) is 0 Å². The molecule has 0 aliphatic carbocycles. The molecular weight excluding hydrogens is 250 g/mol. The quantitative estimate of drug-likeness (QED) is 0.661. The van der Waals surface area contributed by atoms with E-state index >= 15 is 0 Å². The summed E-state index contributed by atoms with van der Waals surface area (Å²) in [6.07, 6.45) is 0. The van der Waals surface area contributed by atoms with Crippen LogP contribution in [0.5, 0.6) is 0 Å². The summed E-state index contributed by atoms with van der Waals surface area (Å²) in [6.45, 7) is 0. The maximum Gasteiger partial charge on any atom is 0.0943 e. The Hall–Kier alpha value is -2.06. The molecule has 0 amide bonds. The summed E-state index contributed by atoms with van der Waals surface area (Å²) < 4.78 is 0. The molecule has 2 heteroatoms. The Balaban J connectivity index is 2.12. The third kappa shape index (κ3) is 2.69. The summed E-state index contributed by atoms with van der Waals surface area (Å²) in [5.74, 6) is 0. The summed E-state index contributed by atoms with van der Waals surface area (Å²) in [5, 5.41) is 0.736. The number of benzene rings is 2. The van der Waals surface area contributed by atoms with Gasteiger partial charge in [0.2, 0.25) is 0 Å². The zero-order chi connectivity index (χ0) is 13.1. The molecule has 92 valence electrons. The Kier molecular flexibility index (Phi) is 3.34. The molecule has 3 rings (SSSR count). The van der Waals surface area contributed by atoms with E-state index in [1.165, 1.54) is 5.56 Å². The summed E-state index contributed by atoms with van der Waals surface area (Å²) in [4.78, 5) is 4.49. The summed E-state index contributed by atoms with van der Waals surface area (Å²) >= 11 is 4.41. The second-order valence-electron chi connectivity index (χ2n) is 4.33. The molecule has 0 bridgehead atoms. The molecule has 3 aromatic rings. The predicted octanol–water partition coefficient (Wildman–Crippen LogP) is 4.70. The number of rotatable bonds is 2. The average molecular weight is 263 g/mol. The van der Waals surface area contributed by atoms with Crippen LogP contribution < -0.4 is 0 Å². The fourth-order valence-corrected chi connectivity index (χ4v) is 2.32. The zero-order valence-electron chi connectivity index (χ0n) is 10.3. The first-order chi connectivity index (χ1) is 9.33. The van der Waals surface area contributed by atoms with Gasteiger partial charge in [-0.1, -0.05) is 60.7 Å². The van der Waals surface area contributed by atoms with Crippen LogP contribution in [0.3, 0.4) is 0 Å². The van der Waals surface area contributed by atoms with Crippen LogP contribution in [-0.4, -0.2) is 4.98 Å². The van der Waals surface area contributed by atoms with Gasteiger partial charge >= 0.3 is 0 Å². The number of thiol groups is 1. The van der Waals surface area contributed by atoms with Crippen molar-refractivity contribution in [2.45, 2.75) is 5.03 Å². The van der Waals surface area contributed by atoms with Crippen molar-refractivity contribution in [3.8, 4) is 22.4 Å². The van der Waals surface area contributed by atoms with Gasteiger partial charge in [-0.3, -0.25) is 0 Å². The molecule has 0 N–H and O–H groups in total. The monoisotopic (exact) mass is 263 g/mol. The lowest BCUT2D eigenvalue weighted by molar-refractivity contribution is 1.15. The standard InChI is InChI=1S/C17H13NS/c19-17-12-15(13-7-3-1-4-8-13)11-16(18-17)14-9-5-2-6-10-14/h1-12H,(H,18,19). The maximum absolute atomic E-state index is 4.49. The number of nitrogens with zero attached hydrogens (tertiary/aromatic N) is 1. The van der Waals surface area contributed by atoms with Crippen molar-refractivity contribution in [1.29, 1.82) is 0 Å². The van der Waals surface area contributed by atoms with Crippen molar-refractivity contribution in [3.05, 3.63) is 72.8 Å². The van der Waals surface area contributed by atoms with E-state index in [1.54, 1.807) is 0 Å². The van der Waals surface area contributed by atoms with Gasteiger partial charge in [0.1, 0.15) is 0 Å². The van der Waals surface area contributed by atoms with E-state index in [1.807, 2.05) is 42.5 Å². The highest BCUT2D eigenvalue weighted by Gasteiger charge is 2.04. The number of aromatic nitrogens is 1. The topological polar surface area (TPSA) is 12.9 Å². The first-order valence-electron chi connectivity index (χ1n) is 6.15. The van der Waals surface area contributed by atoms with Gasteiger partial charge in [-0.05, 0) is 23.3 Å². The van der Waals surface area contributed by atoms with Gasteiger partial charge < -0.3 is 0 Å². The van der Waals surface area contributed by atoms with Crippen molar-refractivity contribution in [3.63, 3.8) is 0 Å². The van der Waals surface area contributed by atoms with Crippen LogP contribution in [0.25, 0.3) is 22.4 Å². The van der Waals surface area contributed by atoms with E-state index in [-0.39, 0.29) is 0 Å². The summed E-state index contributed by atoms with van der Waals surface area (Å²) in [7, 11) is 0. The molecule has 0 spiro atoms. The molecule has 1 heterocycles. The molecular formula is C17H13NS. The zero-order valence-corrected chi connectivity index (χ0v) is 11.2. The molecule has 0 aliphatic heterocycles. The van der Waals surface area contributed by atoms with Crippen LogP contribution in [0.1, 0.15) is 0 Å². The summed E-state index contributed by atoms with van der Waals surface area (Å²) in [5.41, 5.74) is 4.37. The highest BCUT2D eigenvalue weighted by atomic mass is 32.1. The third-order valence-electron chi connectivity index (χ3n) is 2.99. The van der Waals surface area contributed by atoms with Gasteiger partial charge in [-0.2, -0.15) is 0 Å². The smallest absolute Gasteiger partial charge is 0.0943 e. The van der Waals surface area contributed by atoms with Crippen LogP contribution in [-0.2, 0) is 0 Å². The Labute approximate surface area is 118 Å². The van der Waals surface area contributed by atoms with Crippen molar-refractivity contribution in [1.82, 2.24) is 4.98 Å². The highest BCUT2D eigenvalue weighted by molar-refractivity contribution is 7.80. The van der Waals surface area contributed by atoms with Gasteiger partial charge in [0.25, 0.3) is 0 Å². The molecule has 2 aromatic carbocycles. The second-order valence-corrected chi connectivity index (χ2v) is 4.79. The van der Waals surface area contributed by atoms with Crippen LogP contribution in [0.2, 0.25) is 0 Å². The first kappa shape index (κ1) is 12.0. The Bertz CT molecular complexity index is 620. The fraction of sp³-hybridized carbons (Fsp3) is 0. The maximum atomic E-state index is 4.49. The number of hydrogen-bond acceptors (Lipinski definition) is 2. The molecule has 0 aliphatic rings. The van der Waals surface area contributed by atoms with Gasteiger partial charge in [0.05, 0.1) is 10.7 Å². The predicted molar refractivity (Wildman–Crippen MR) is 82.4 cm³/mol. The van der Waals surface area contributed by atoms with Gasteiger partial charge in [-0.25, -0.2) is 4.98 Å². The van der Waals surface area contributed by atoms with Gasteiger partial charge in [-0.15, -0.1) is 12.6 Å². The van der Waals surface area contributed by atoms with Crippen LogP contribution in [0.4, 0.5) is 0 Å². The molecule has 1 aromatic heterocycles. The molecule has 0 atom stereocenters. The Morgan fingerprint density at radius 2 is 1.21 bits per heavy atom. The SMILES string of the molecule is Sc1cc(-c2ccccc2)cc(-c2ccccc2)n1. The van der Waals surface area contributed by atoms with Crippen molar-refractivity contribution in [2.24, 2.45) is 0 Å². The van der Waals surface area contributed by atoms with Crippen molar-refractivity contribution >= 4 is 12.6 Å². The van der Waals surface area contributed by atoms with Crippen LogP contribution >= 0.6 is 12.6 Å². The largest absolute Gasteiger partial charge is 0.242 e. The van der Waals surface area contributed by atoms with E-state index in [4.69, 9.17) is 0 Å². The van der Waals surface area contributed by atoms with E-state index < -0.39 is 0 Å². The number of pyridine rings is 1. The minimum Gasteiger partial charge on any atom is -0.242 e. The Morgan fingerprint density at radius 1 is 0.632 bits per heavy atom. The molecule has 0 saturated heterocycles. The van der Waals surface area contributed by atoms with Crippen molar-refractivity contribution < 1.29 is 0 Å². The van der Waals surface area contributed by atoms with Gasteiger partial charge in [0, 0.05) is 5.56 Å². The minimum atomic E-state index is 0.736. The summed E-state index contributed by atoms with van der Waals surface area (Å²) in [6, 6.07) is 24.5. The van der Waals surface area contributed by atoms with Crippen LogP contribution in [0, 0.1) is 0 Å². The molecule has 0 saturated carbocycles. The lowest BCUT2D eigenvalue weighted by Crippen LogP contribution is -1.87. The molecule has 19 heavy (non-hydrogen) atoms. The van der Waals surface area contributed by atoms with Crippen LogP contribution in [0.15, 0.2) is 77.8 Å². The number of hydrogen-bond donors (Lipinski definition) is 1. The van der Waals surface area contributed by atoms with Crippen molar-refractivity contribution in [2.75, 3.05) is 0 Å². The minimum absolute atomic E-state index is 0.736. The average Bonchev–Trinajstić information content (AvgIpc) is 2.48. The third-order valence-corrected chi connectivity index (χ3v) is 3.22. The fourth-order valence-electron chi connectivity index (χ4n) is 2.07. The van der Waals surface area contributed by atoms with Gasteiger partial charge in [0.15, 0.2) is 0 Å². The van der Waals surface area contributed by atoms with E-state index in [0.717, 1.165) is 21.8 Å². The van der Waals surface area contributed by atoms with E-state index in [9.17, 15) is 0 Å². The normalized spacial score (nSPS) is 10.4. The molecule has 0 fully saturated rings. The Morgan fingerprint density at radius 3 is 1.84 bits per heavy atom. The lowest BCUT2D eigenvalue weighted by Gasteiger charge is -2.07. The molecule has 0 unspecified atom stereocenters. The molecule has 0 radical (unpaired) electrons. The van der Waals surface area contributed by atoms with E-state index in [2.05, 4.69) is 47.9 Å². The second kappa shape index (κ2) is 5.29. The highest BCUT2D eigenvalue weighted by Crippen LogP contribution is 2.26.